The fraction of sp³-hybridized carbons (Fsp3) is 0.310. The van der Waals surface area contributed by atoms with E-state index in [1.54, 1.807) is 6.07 Å². The molecule has 0 spiro atoms. The minimum absolute atomic E-state index is 0.222. The summed E-state index contributed by atoms with van der Waals surface area (Å²) in [6.45, 7) is 2.26. The number of halogens is 3. The molecular weight excluding hydrogens is 451 g/mol. The Bertz CT molecular complexity index is 1220. The maximum Gasteiger partial charge on any atom is 0.346 e. The second kappa shape index (κ2) is 10.8. The van der Waals surface area contributed by atoms with Crippen LogP contribution >= 0.6 is 0 Å². The third kappa shape index (κ3) is 5.74. The minimum Gasteiger partial charge on any atom is -0.423 e. The molecule has 0 bridgehead atoms. The van der Waals surface area contributed by atoms with Crippen LogP contribution in [-0.2, 0) is 0 Å². The van der Waals surface area contributed by atoms with Gasteiger partial charge in [0.25, 0.3) is 0 Å². The topological polar surface area (TPSA) is 50.1 Å². The molecule has 0 radical (unpaired) electrons. The van der Waals surface area contributed by atoms with Gasteiger partial charge in [-0.1, -0.05) is 43.3 Å². The molecule has 180 valence electrons. The first-order chi connectivity index (χ1) is 16.9. The second-order valence-electron chi connectivity index (χ2n) is 9.27. The molecular formula is C29H26F3NO2. The smallest absolute Gasteiger partial charge is 0.346 e. The Balaban J connectivity index is 1.36. The van der Waals surface area contributed by atoms with Gasteiger partial charge >= 0.3 is 5.97 Å². The van der Waals surface area contributed by atoms with E-state index < -0.39 is 34.7 Å². The van der Waals surface area contributed by atoms with E-state index in [0.29, 0.717) is 11.8 Å². The highest BCUT2D eigenvalue weighted by atomic mass is 19.1. The Hall–Kier alpha value is -3.59. The fourth-order valence-corrected chi connectivity index (χ4v) is 4.98. The molecule has 6 heteroatoms. The van der Waals surface area contributed by atoms with Crippen LogP contribution in [0, 0.1) is 34.7 Å². The van der Waals surface area contributed by atoms with Crippen molar-refractivity contribution in [2.24, 2.45) is 5.92 Å². The van der Waals surface area contributed by atoms with Crippen molar-refractivity contribution in [3.8, 4) is 11.8 Å². The largest absolute Gasteiger partial charge is 0.423 e. The lowest BCUT2D eigenvalue weighted by Crippen LogP contribution is -2.16. The average Bonchev–Trinajstić information content (AvgIpc) is 2.84. The molecule has 0 unspecified atom stereocenters. The van der Waals surface area contributed by atoms with Crippen molar-refractivity contribution in [3.05, 3.63) is 100 Å². The number of carbonyl (C=O) groups excluding carboxylic acids is 1. The van der Waals surface area contributed by atoms with Crippen LogP contribution in [0.4, 0.5) is 13.2 Å². The molecule has 3 nitrogen and oxygen atoms in total. The molecule has 0 aromatic heterocycles. The quantitative estimate of drug-likeness (QED) is 0.270. The highest BCUT2D eigenvalue weighted by Gasteiger charge is 2.25. The third-order valence-corrected chi connectivity index (χ3v) is 6.92. The van der Waals surface area contributed by atoms with E-state index in [9.17, 15) is 18.0 Å². The van der Waals surface area contributed by atoms with Gasteiger partial charge in [0, 0.05) is 12.1 Å². The van der Waals surface area contributed by atoms with Crippen LogP contribution in [0.15, 0.2) is 60.7 Å². The van der Waals surface area contributed by atoms with Gasteiger partial charge in [0.1, 0.15) is 34.8 Å². The SMILES string of the molecule is C[C@@H](CC1CCC(c2ccc(C(=O)Oc3cc(F)c(C#N)c(F)c3)c(F)c2)CC1)c1ccccc1. The van der Waals surface area contributed by atoms with E-state index in [1.165, 1.54) is 23.8 Å². The number of rotatable bonds is 6. The first-order valence-corrected chi connectivity index (χ1v) is 11.8. The van der Waals surface area contributed by atoms with Crippen LogP contribution in [0.5, 0.6) is 5.75 Å². The number of hydrogen-bond donors (Lipinski definition) is 0. The summed E-state index contributed by atoms with van der Waals surface area (Å²) in [5, 5.41) is 8.73. The maximum atomic E-state index is 14.8. The fourth-order valence-electron chi connectivity index (χ4n) is 4.98. The van der Waals surface area contributed by atoms with E-state index in [0.717, 1.165) is 49.8 Å². The molecule has 0 amide bonds. The van der Waals surface area contributed by atoms with Crippen molar-refractivity contribution in [1.82, 2.24) is 0 Å². The summed E-state index contributed by atoms with van der Waals surface area (Å²) in [6, 6.07) is 17.8. The summed E-state index contributed by atoms with van der Waals surface area (Å²) in [6.07, 6.45) is 5.19. The van der Waals surface area contributed by atoms with Crippen LogP contribution in [0.2, 0.25) is 0 Å². The highest BCUT2D eigenvalue weighted by molar-refractivity contribution is 5.91. The molecule has 1 fully saturated rings. The molecule has 0 heterocycles. The monoisotopic (exact) mass is 477 g/mol. The van der Waals surface area contributed by atoms with Gasteiger partial charge in [-0.3, -0.25) is 0 Å². The van der Waals surface area contributed by atoms with Crippen LogP contribution < -0.4 is 4.74 Å². The number of carbonyl (C=O) groups is 1. The summed E-state index contributed by atoms with van der Waals surface area (Å²) in [5.74, 6) is -3.18. The minimum atomic E-state index is -1.15. The molecule has 4 rings (SSSR count). The molecule has 0 aliphatic heterocycles. The molecule has 3 aromatic rings. The number of nitriles is 1. The normalized spacial score (nSPS) is 18.5. The molecule has 1 atom stereocenters. The average molecular weight is 478 g/mol. The van der Waals surface area contributed by atoms with Crippen LogP contribution in [0.1, 0.15) is 77.9 Å². The van der Waals surface area contributed by atoms with Gasteiger partial charge in [0.15, 0.2) is 0 Å². The zero-order valence-corrected chi connectivity index (χ0v) is 19.4. The van der Waals surface area contributed by atoms with Gasteiger partial charge in [-0.05, 0) is 73.1 Å². The number of ether oxygens (including phenoxy) is 1. The summed E-state index contributed by atoms with van der Waals surface area (Å²) in [5.41, 5.74) is 1.10. The van der Waals surface area contributed by atoms with Crippen molar-refractivity contribution >= 4 is 5.97 Å². The van der Waals surface area contributed by atoms with Crippen LogP contribution in [0.25, 0.3) is 0 Å². The highest BCUT2D eigenvalue weighted by Crippen LogP contribution is 2.40. The lowest BCUT2D eigenvalue weighted by Gasteiger charge is -2.30. The first kappa shape index (κ1) is 24.5. The Morgan fingerprint density at radius 2 is 1.63 bits per heavy atom. The van der Waals surface area contributed by atoms with Gasteiger partial charge in [0.05, 0.1) is 5.56 Å². The lowest BCUT2D eigenvalue weighted by atomic mass is 9.75. The zero-order valence-electron chi connectivity index (χ0n) is 19.4. The molecule has 1 saturated carbocycles. The zero-order chi connectivity index (χ0) is 24.9. The van der Waals surface area contributed by atoms with E-state index in [1.807, 2.05) is 6.07 Å². The molecule has 1 aliphatic carbocycles. The first-order valence-electron chi connectivity index (χ1n) is 11.8. The predicted octanol–water partition coefficient (Wildman–Crippen LogP) is 7.66. The van der Waals surface area contributed by atoms with Gasteiger partial charge in [0.2, 0.25) is 0 Å². The second-order valence-corrected chi connectivity index (χ2v) is 9.27. The Kier molecular flexibility index (Phi) is 7.55. The standard InChI is InChI=1S/C29H26F3NO2/c1-18(20-5-3-2-4-6-20)13-19-7-9-21(10-8-19)22-11-12-24(26(30)14-22)29(34)35-23-15-27(31)25(17-33)28(32)16-23/h2-6,11-12,14-16,18-19,21H,7-10,13H2,1H3/t18-,19?,21?/m0/s1. The number of benzene rings is 3. The Labute approximate surface area is 203 Å². The van der Waals surface area contributed by atoms with Crippen LogP contribution in [0.3, 0.4) is 0 Å². The van der Waals surface area contributed by atoms with E-state index in [4.69, 9.17) is 10.00 Å². The Morgan fingerprint density at radius 1 is 0.971 bits per heavy atom. The van der Waals surface area contributed by atoms with Gasteiger partial charge < -0.3 is 4.74 Å². The molecule has 1 aliphatic rings. The molecule has 3 aromatic carbocycles. The van der Waals surface area contributed by atoms with Crippen molar-refractivity contribution < 1.29 is 22.7 Å². The Morgan fingerprint density at radius 3 is 2.23 bits per heavy atom. The van der Waals surface area contributed by atoms with Crippen molar-refractivity contribution in [2.45, 2.75) is 50.9 Å². The van der Waals surface area contributed by atoms with Crippen LogP contribution in [-0.4, -0.2) is 5.97 Å². The van der Waals surface area contributed by atoms with E-state index in [2.05, 4.69) is 31.2 Å². The van der Waals surface area contributed by atoms with Crippen molar-refractivity contribution in [2.75, 3.05) is 0 Å². The summed E-state index contributed by atoms with van der Waals surface area (Å²) in [7, 11) is 0. The molecule has 0 saturated heterocycles. The third-order valence-electron chi connectivity index (χ3n) is 6.92. The van der Waals surface area contributed by atoms with Gasteiger partial charge in [-0.2, -0.15) is 5.26 Å². The van der Waals surface area contributed by atoms with E-state index in [-0.39, 0.29) is 11.5 Å². The van der Waals surface area contributed by atoms with Crippen molar-refractivity contribution in [1.29, 1.82) is 5.26 Å². The van der Waals surface area contributed by atoms with Crippen molar-refractivity contribution in [3.63, 3.8) is 0 Å². The summed E-state index contributed by atoms with van der Waals surface area (Å²) >= 11 is 0. The summed E-state index contributed by atoms with van der Waals surface area (Å²) < 4.78 is 47.2. The molecule has 0 N–H and O–H groups in total. The van der Waals surface area contributed by atoms with E-state index >= 15 is 0 Å². The molecule has 35 heavy (non-hydrogen) atoms. The number of hydrogen-bond acceptors (Lipinski definition) is 3. The number of nitrogens with zero attached hydrogens (tertiary/aromatic N) is 1. The lowest BCUT2D eigenvalue weighted by molar-refractivity contribution is 0.0729. The summed E-state index contributed by atoms with van der Waals surface area (Å²) in [4.78, 5) is 12.4. The number of esters is 1. The predicted molar refractivity (Wildman–Crippen MR) is 127 cm³/mol. The maximum absolute atomic E-state index is 14.8. The van der Waals surface area contributed by atoms with Gasteiger partial charge in [-0.15, -0.1) is 0 Å². The van der Waals surface area contributed by atoms with Gasteiger partial charge in [-0.25, -0.2) is 18.0 Å².